The summed E-state index contributed by atoms with van der Waals surface area (Å²) in [5.41, 5.74) is 30.9. The Balaban J connectivity index is 0.650. The number of fused-ring (bicyclic) bond motifs is 9. The highest BCUT2D eigenvalue weighted by molar-refractivity contribution is 6.13. The van der Waals surface area contributed by atoms with Crippen LogP contribution in [0.3, 0.4) is 0 Å². The van der Waals surface area contributed by atoms with Gasteiger partial charge in [-0.2, -0.15) is 0 Å². The van der Waals surface area contributed by atoms with Gasteiger partial charge < -0.3 is 9.13 Å². The van der Waals surface area contributed by atoms with E-state index in [1.807, 2.05) is 0 Å². The fourth-order valence-corrected chi connectivity index (χ4v) is 15.3. The molecule has 1 aliphatic rings. The lowest BCUT2D eigenvalue weighted by Gasteiger charge is -2.34. The molecule has 17 aromatic rings. The molecule has 15 aromatic carbocycles. The van der Waals surface area contributed by atoms with Crippen LogP contribution in [0.2, 0.25) is 0 Å². The maximum absolute atomic E-state index is 2.46. The summed E-state index contributed by atoms with van der Waals surface area (Å²) in [5, 5.41) is 4.93. The molecular weight excluding hydrogens is 1120 g/mol. The third kappa shape index (κ3) is 8.94. The van der Waals surface area contributed by atoms with Gasteiger partial charge in [0.05, 0.1) is 33.2 Å². The average Bonchev–Trinajstić information content (AvgIpc) is 1.55. The van der Waals surface area contributed by atoms with E-state index in [1.54, 1.807) is 0 Å². The van der Waals surface area contributed by atoms with Gasteiger partial charge >= 0.3 is 0 Å². The highest BCUT2D eigenvalue weighted by Crippen LogP contribution is 2.57. The highest BCUT2D eigenvalue weighted by atomic mass is 15.0. The van der Waals surface area contributed by atoms with Gasteiger partial charge in [-0.05, 0) is 166 Å². The van der Waals surface area contributed by atoms with Crippen molar-refractivity contribution in [1.29, 1.82) is 0 Å². The van der Waals surface area contributed by atoms with Crippen molar-refractivity contribution in [3.05, 3.63) is 386 Å². The van der Waals surface area contributed by atoms with Crippen LogP contribution in [0.4, 0.5) is 0 Å². The molecule has 2 heteroatoms. The molecule has 1 aliphatic carbocycles. The molecule has 18 rings (SSSR count). The molecule has 0 N–H and O–H groups in total. The van der Waals surface area contributed by atoms with Crippen LogP contribution in [0.25, 0.3) is 144 Å². The fourth-order valence-electron chi connectivity index (χ4n) is 15.3. The monoisotopic (exact) mass is 1180 g/mol. The number of nitrogens with zero attached hydrogens (tertiary/aromatic N) is 2. The van der Waals surface area contributed by atoms with Gasteiger partial charge in [-0.1, -0.05) is 303 Å². The molecule has 0 amide bonds. The first-order valence-electron chi connectivity index (χ1n) is 32.2. The first-order valence-corrected chi connectivity index (χ1v) is 32.2. The van der Waals surface area contributed by atoms with Crippen LogP contribution in [-0.4, -0.2) is 9.13 Å². The van der Waals surface area contributed by atoms with Gasteiger partial charge in [-0.15, -0.1) is 0 Å². The second-order valence-corrected chi connectivity index (χ2v) is 24.7. The summed E-state index contributed by atoms with van der Waals surface area (Å²) in [6.45, 7) is 0. The molecule has 2 heterocycles. The number of benzene rings is 15. The standard InChI is InChI=1S/C91H60N2/c1-3-19-61(20-4-1)63-37-39-65(40-38-63)67-49-53-74(54-50-67)91(84-32-12-7-28-78(84)79-29-8-13-33-85(79)91)75-25-17-23-70(57-75)68-43-41-64(42-44-68)66-45-47-69(48-46-66)77-27-9-14-34-86(77)93-88-36-16-11-31-81(88)83-60-73(52-56-90(83)93)72-51-55-89-82(59-72)80-30-10-15-35-87(80)92(89)76-26-18-24-71(58-76)62-21-5-2-6-22-62/h1-60H. The Morgan fingerprint density at radius 1 is 0.183 bits per heavy atom. The minimum absolute atomic E-state index is 0.524. The summed E-state index contributed by atoms with van der Waals surface area (Å²) >= 11 is 0. The minimum atomic E-state index is -0.524. The average molecular weight is 1180 g/mol. The molecular formula is C91H60N2. The van der Waals surface area contributed by atoms with Crippen molar-refractivity contribution in [2.75, 3.05) is 0 Å². The fraction of sp³-hybridized carbons (Fsp3) is 0.0110. The number of hydrogen-bond donors (Lipinski definition) is 0. The van der Waals surface area contributed by atoms with Gasteiger partial charge in [0, 0.05) is 32.8 Å². The maximum atomic E-state index is 2.46. The van der Waals surface area contributed by atoms with Crippen LogP contribution in [0.1, 0.15) is 22.3 Å². The van der Waals surface area contributed by atoms with Crippen LogP contribution in [-0.2, 0) is 5.41 Å². The number of hydrogen-bond acceptors (Lipinski definition) is 0. The molecule has 0 bridgehead atoms. The predicted molar refractivity (Wildman–Crippen MR) is 390 cm³/mol. The largest absolute Gasteiger partial charge is 0.309 e. The number of para-hydroxylation sites is 3. The van der Waals surface area contributed by atoms with Crippen molar-refractivity contribution < 1.29 is 0 Å². The molecule has 0 saturated heterocycles. The van der Waals surface area contributed by atoms with E-state index in [9.17, 15) is 0 Å². The van der Waals surface area contributed by atoms with E-state index in [0.717, 1.165) is 11.4 Å². The number of rotatable bonds is 11. The second-order valence-electron chi connectivity index (χ2n) is 24.7. The summed E-state index contributed by atoms with van der Waals surface area (Å²) < 4.78 is 4.87. The van der Waals surface area contributed by atoms with Crippen molar-refractivity contribution in [1.82, 2.24) is 9.13 Å². The highest BCUT2D eigenvalue weighted by Gasteiger charge is 2.46. The summed E-state index contributed by atoms with van der Waals surface area (Å²) in [6, 6.07) is 135. The first-order chi connectivity index (χ1) is 46.1. The van der Waals surface area contributed by atoms with Crippen LogP contribution >= 0.6 is 0 Å². The van der Waals surface area contributed by atoms with Crippen LogP contribution in [0, 0.1) is 0 Å². The lowest BCUT2D eigenvalue weighted by molar-refractivity contribution is 0.769. The van der Waals surface area contributed by atoms with Crippen molar-refractivity contribution in [3.8, 4) is 100 Å². The molecule has 2 aromatic heterocycles. The normalized spacial score (nSPS) is 12.4. The van der Waals surface area contributed by atoms with Gasteiger partial charge in [0.25, 0.3) is 0 Å². The van der Waals surface area contributed by atoms with E-state index in [-0.39, 0.29) is 0 Å². The molecule has 0 atom stereocenters. The van der Waals surface area contributed by atoms with Crippen molar-refractivity contribution in [3.63, 3.8) is 0 Å². The van der Waals surface area contributed by atoms with E-state index in [4.69, 9.17) is 0 Å². The summed E-state index contributed by atoms with van der Waals surface area (Å²) in [6.07, 6.45) is 0. The molecule has 0 fully saturated rings. The van der Waals surface area contributed by atoms with Gasteiger partial charge in [0.1, 0.15) is 0 Å². The molecule has 0 spiro atoms. The Morgan fingerprint density at radius 2 is 0.538 bits per heavy atom. The quantitative estimate of drug-likeness (QED) is 0.122. The Labute approximate surface area is 541 Å². The van der Waals surface area contributed by atoms with E-state index in [1.165, 1.54) is 155 Å². The Kier molecular flexibility index (Phi) is 12.8. The zero-order chi connectivity index (χ0) is 61.4. The van der Waals surface area contributed by atoms with Gasteiger partial charge in [0.15, 0.2) is 0 Å². The Bertz CT molecular complexity index is 5650. The molecule has 434 valence electrons. The summed E-state index contributed by atoms with van der Waals surface area (Å²) in [7, 11) is 0. The third-order valence-electron chi connectivity index (χ3n) is 19.7. The van der Waals surface area contributed by atoms with E-state index in [2.05, 4.69) is 373 Å². The molecule has 0 aliphatic heterocycles. The van der Waals surface area contributed by atoms with Gasteiger partial charge in [-0.3, -0.25) is 0 Å². The van der Waals surface area contributed by atoms with Crippen LogP contribution in [0.15, 0.2) is 364 Å². The summed E-state index contributed by atoms with van der Waals surface area (Å²) in [5.74, 6) is 0. The second kappa shape index (κ2) is 22.1. The molecule has 2 nitrogen and oxygen atoms in total. The third-order valence-corrected chi connectivity index (χ3v) is 19.7. The van der Waals surface area contributed by atoms with Gasteiger partial charge in [-0.25, -0.2) is 0 Å². The van der Waals surface area contributed by atoms with Crippen molar-refractivity contribution in [2.24, 2.45) is 0 Å². The summed E-state index contributed by atoms with van der Waals surface area (Å²) in [4.78, 5) is 0. The van der Waals surface area contributed by atoms with Crippen LogP contribution < -0.4 is 0 Å². The molecule has 0 saturated carbocycles. The van der Waals surface area contributed by atoms with E-state index >= 15 is 0 Å². The lowest BCUT2D eigenvalue weighted by atomic mass is 9.67. The predicted octanol–water partition coefficient (Wildman–Crippen LogP) is 23.9. The zero-order valence-electron chi connectivity index (χ0n) is 51.0. The van der Waals surface area contributed by atoms with Crippen LogP contribution in [0.5, 0.6) is 0 Å². The molecule has 0 unspecified atom stereocenters. The smallest absolute Gasteiger partial charge is 0.0713 e. The topological polar surface area (TPSA) is 9.86 Å². The van der Waals surface area contributed by atoms with E-state index < -0.39 is 5.41 Å². The lowest BCUT2D eigenvalue weighted by Crippen LogP contribution is -2.28. The SMILES string of the molecule is c1ccc(-c2ccc(-c3ccc(C4(c5cccc(-c6ccc(-c7ccc(-c8ccccc8-n8c9ccccc9c9cc(-c%10ccc%11c(c%10)c%10ccccc%10n%11-c%10cccc(-c%11ccccc%11)c%10)ccc98)cc7)cc6)c5)c5ccccc5-c5ccccc54)cc3)cc2)cc1. The minimum Gasteiger partial charge on any atom is -0.309 e. The number of aromatic nitrogens is 2. The Morgan fingerprint density at radius 3 is 1.10 bits per heavy atom. The maximum Gasteiger partial charge on any atom is 0.0713 e. The molecule has 0 radical (unpaired) electrons. The molecule has 93 heavy (non-hydrogen) atoms. The zero-order valence-corrected chi connectivity index (χ0v) is 51.0. The van der Waals surface area contributed by atoms with Gasteiger partial charge in [0.2, 0.25) is 0 Å². The van der Waals surface area contributed by atoms with E-state index in [0.29, 0.717) is 0 Å². The van der Waals surface area contributed by atoms with Crippen molar-refractivity contribution in [2.45, 2.75) is 5.41 Å². The Hall–Kier alpha value is -12.1. The van der Waals surface area contributed by atoms with Crippen molar-refractivity contribution >= 4 is 43.6 Å². The first kappa shape index (κ1) is 53.9.